The topological polar surface area (TPSA) is 82.1 Å². The number of carbonyl (C=O) groups excluding carboxylic acids is 1. The van der Waals surface area contributed by atoms with E-state index in [-0.39, 0.29) is 28.7 Å². The van der Waals surface area contributed by atoms with E-state index in [1.54, 1.807) is 25.1 Å². The largest absolute Gasteiger partial charge is 0.495 e. The lowest BCUT2D eigenvalue weighted by molar-refractivity contribution is -0.141. The van der Waals surface area contributed by atoms with E-state index in [2.05, 4.69) is 0 Å². The zero-order valence-corrected chi connectivity index (χ0v) is 16.0. The minimum Gasteiger partial charge on any atom is -0.495 e. The van der Waals surface area contributed by atoms with Gasteiger partial charge in [0.2, 0.25) is 0 Å². The van der Waals surface area contributed by atoms with Gasteiger partial charge in [0, 0.05) is 0 Å². The minimum atomic E-state index is -4.29. The number of methoxy groups -OCH3 is 2. The average Bonchev–Trinajstić information content (AvgIpc) is 2.66. The zero-order valence-electron chi connectivity index (χ0n) is 15.1. The van der Waals surface area contributed by atoms with Crippen molar-refractivity contribution in [3.05, 3.63) is 48.3 Å². The van der Waals surface area contributed by atoms with Crippen LogP contribution < -0.4 is 13.8 Å². The number of benzene rings is 2. The number of esters is 1. The van der Waals surface area contributed by atoms with Crippen LogP contribution in [0.2, 0.25) is 0 Å². The summed E-state index contributed by atoms with van der Waals surface area (Å²) in [7, 11) is -1.64. The fraction of sp³-hybridized carbons (Fsp3) is 0.278. The number of anilines is 1. The molecule has 0 heterocycles. The van der Waals surface area contributed by atoms with E-state index in [4.69, 9.17) is 14.2 Å². The van der Waals surface area contributed by atoms with Gasteiger partial charge in [0.15, 0.2) is 11.6 Å². The second-order valence-corrected chi connectivity index (χ2v) is 7.15. The Morgan fingerprint density at radius 1 is 1.07 bits per heavy atom. The van der Waals surface area contributed by atoms with Crippen molar-refractivity contribution in [2.45, 2.75) is 11.8 Å². The molecule has 0 saturated heterocycles. The maximum Gasteiger partial charge on any atom is 0.326 e. The molecule has 0 N–H and O–H groups in total. The molecule has 146 valence electrons. The lowest BCUT2D eigenvalue weighted by Crippen LogP contribution is -2.37. The van der Waals surface area contributed by atoms with Crippen LogP contribution in [0.5, 0.6) is 11.5 Å². The van der Waals surface area contributed by atoms with Gasteiger partial charge in [-0.1, -0.05) is 12.1 Å². The number of ether oxygens (including phenoxy) is 3. The van der Waals surface area contributed by atoms with E-state index in [9.17, 15) is 17.6 Å². The normalized spacial score (nSPS) is 11.0. The Balaban J connectivity index is 2.57. The van der Waals surface area contributed by atoms with Gasteiger partial charge in [-0.2, -0.15) is 0 Å². The first-order valence-electron chi connectivity index (χ1n) is 8.00. The molecule has 0 radical (unpaired) electrons. The number of hydrogen-bond donors (Lipinski definition) is 0. The Morgan fingerprint density at radius 2 is 1.74 bits per heavy atom. The molecule has 0 aliphatic heterocycles. The quantitative estimate of drug-likeness (QED) is 0.637. The van der Waals surface area contributed by atoms with Gasteiger partial charge in [-0.05, 0) is 37.3 Å². The van der Waals surface area contributed by atoms with Crippen molar-refractivity contribution >= 4 is 21.7 Å². The molecule has 0 atom stereocenters. The van der Waals surface area contributed by atoms with E-state index in [0.717, 1.165) is 10.4 Å². The standard InChI is InChI=1S/C18H20FNO6S/c1-4-26-18(21)12-20(15-7-5-6-8-17(15)25-3)27(22,23)13-9-10-16(24-2)14(19)11-13/h5-11H,4,12H2,1-3H3. The van der Waals surface area contributed by atoms with Crippen molar-refractivity contribution in [2.24, 2.45) is 0 Å². The molecular weight excluding hydrogens is 377 g/mol. The monoisotopic (exact) mass is 397 g/mol. The van der Waals surface area contributed by atoms with Crippen LogP contribution in [-0.4, -0.2) is 41.8 Å². The first-order valence-corrected chi connectivity index (χ1v) is 9.44. The summed E-state index contributed by atoms with van der Waals surface area (Å²) in [4.78, 5) is 11.7. The Bertz CT molecular complexity index is 916. The van der Waals surface area contributed by atoms with Crippen molar-refractivity contribution in [3.8, 4) is 11.5 Å². The SMILES string of the molecule is CCOC(=O)CN(c1ccccc1OC)S(=O)(=O)c1ccc(OC)c(F)c1. The Kier molecular flexibility index (Phi) is 6.62. The predicted octanol–water partition coefficient (Wildman–Crippen LogP) is 2.60. The number of hydrogen-bond acceptors (Lipinski definition) is 6. The fourth-order valence-corrected chi connectivity index (χ4v) is 3.83. The third kappa shape index (κ3) is 4.48. The van der Waals surface area contributed by atoms with Crippen LogP contribution in [0.4, 0.5) is 10.1 Å². The fourth-order valence-electron chi connectivity index (χ4n) is 2.39. The number of para-hydroxylation sites is 2. The van der Waals surface area contributed by atoms with Gasteiger partial charge in [0.25, 0.3) is 10.0 Å². The second kappa shape index (κ2) is 8.72. The van der Waals surface area contributed by atoms with Gasteiger partial charge in [0.05, 0.1) is 31.4 Å². The Labute approximate surface area is 157 Å². The summed E-state index contributed by atoms with van der Waals surface area (Å²) in [6, 6.07) is 9.53. The lowest BCUT2D eigenvalue weighted by atomic mass is 10.3. The molecule has 0 spiro atoms. The van der Waals surface area contributed by atoms with Gasteiger partial charge < -0.3 is 14.2 Å². The smallest absolute Gasteiger partial charge is 0.326 e. The van der Waals surface area contributed by atoms with Crippen molar-refractivity contribution < 1.29 is 31.8 Å². The molecule has 2 aromatic rings. The molecule has 27 heavy (non-hydrogen) atoms. The van der Waals surface area contributed by atoms with E-state index in [1.165, 1.54) is 32.4 Å². The van der Waals surface area contributed by atoms with Gasteiger partial charge in [0.1, 0.15) is 12.3 Å². The lowest BCUT2D eigenvalue weighted by Gasteiger charge is -2.25. The first kappa shape index (κ1) is 20.5. The molecule has 0 saturated carbocycles. The molecule has 0 bridgehead atoms. The van der Waals surface area contributed by atoms with Crippen LogP contribution in [0.3, 0.4) is 0 Å². The molecule has 0 unspecified atom stereocenters. The summed E-state index contributed by atoms with van der Waals surface area (Å²) in [5.41, 5.74) is 0.129. The molecule has 7 nitrogen and oxygen atoms in total. The van der Waals surface area contributed by atoms with E-state index < -0.39 is 28.4 Å². The molecule has 0 aliphatic carbocycles. The Morgan fingerprint density at radius 3 is 2.33 bits per heavy atom. The van der Waals surface area contributed by atoms with Gasteiger partial charge >= 0.3 is 5.97 Å². The molecule has 9 heteroatoms. The summed E-state index contributed by atoms with van der Waals surface area (Å²) >= 11 is 0. The Hall–Kier alpha value is -2.81. The third-order valence-corrected chi connectivity index (χ3v) is 5.40. The van der Waals surface area contributed by atoms with Gasteiger partial charge in [-0.15, -0.1) is 0 Å². The maximum atomic E-state index is 14.1. The molecule has 0 aliphatic rings. The van der Waals surface area contributed by atoms with Crippen LogP contribution in [0.1, 0.15) is 6.92 Å². The van der Waals surface area contributed by atoms with Crippen LogP contribution in [0, 0.1) is 5.82 Å². The van der Waals surface area contributed by atoms with Crippen molar-refractivity contribution in [2.75, 3.05) is 31.7 Å². The van der Waals surface area contributed by atoms with E-state index in [0.29, 0.717) is 0 Å². The van der Waals surface area contributed by atoms with Crippen LogP contribution in [0.15, 0.2) is 47.4 Å². The van der Waals surface area contributed by atoms with Crippen molar-refractivity contribution in [1.82, 2.24) is 0 Å². The average molecular weight is 397 g/mol. The third-order valence-electron chi connectivity index (χ3n) is 3.64. The molecule has 2 aromatic carbocycles. The van der Waals surface area contributed by atoms with Crippen LogP contribution in [-0.2, 0) is 19.6 Å². The van der Waals surface area contributed by atoms with E-state index >= 15 is 0 Å². The number of sulfonamides is 1. The predicted molar refractivity (Wildman–Crippen MR) is 97.1 cm³/mol. The molecule has 2 rings (SSSR count). The highest BCUT2D eigenvalue weighted by Gasteiger charge is 2.30. The summed E-state index contributed by atoms with van der Waals surface area (Å²) in [6.07, 6.45) is 0. The van der Waals surface area contributed by atoms with Crippen molar-refractivity contribution in [3.63, 3.8) is 0 Å². The number of nitrogens with zero attached hydrogens (tertiary/aromatic N) is 1. The van der Waals surface area contributed by atoms with Gasteiger partial charge in [-0.25, -0.2) is 12.8 Å². The number of halogens is 1. The minimum absolute atomic E-state index is 0.0931. The zero-order chi connectivity index (χ0) is 20.0. The number of carbonyl (C=O) groups is 1. The highest BCUT2D eigenvalue weighted by molar-refractivity contribution is 7.92. The summed E-state index contributed by atoms with van der Waals surface area (Å²) < 4.78 is 56.1. The second-order valence-electron chi connectivity index (χ2n) is 5.28. The molecule has 0 fully saturated rings. The molecule has 0 amide bonds. The van der Waals surface area contributed by atoms with Crippen LogP contribution in [0.25, 0.3) is 0 Å². The van der Waals surface area contributed by atoms with Crippen molar-refractivity contribution in [1.29, 1.82) is 0 Å². The van der Waals surface area contributed by atoms with Gasteiger partial charge in [-0.3, -0.25) is 9.10 Å². The summed E-state index contributed by atoms with van der Waals surface area (Å²) in [5.74, 6) is -1.45. The van der Waals surface area contributed by atoms with Crippen LogP contribution >= 0.6 is 0 Å². The first-order chi connectivity index (χ1) is 12.8. The number of rotatable bonds is 8. The summed E-state index contributed by atoms with van der Waals surface area (Å²) in [5, 5.41) is 0. The highest BCUT2D eigenvalue weighted by Crippen LogP contribution is 2.33. The molecular formula is C18H20FNO6S. The molecule has 0 aromatic heterocycles. The summed E-state index contributed by atoms with van der Waals surface area (Å²) in [6.45, 7) is 1.11. The highest BCUT2D eigenvalue weighted by atomic mass is 32.2. The van der Waals surface area contributed by atoms with E-state index in [1.807, 2.05) is 0 Å². The maximum absolute atomic E-state index is 14.1.